The quantitative estimate of drug-likeness (QED) is 0.750. The molecule has 2 rings (SSSR count). The lowest BCUT2D eigenvalue weighted by molar-refractivity contribution is 0.0721. The van der Waals surface area contributed by atoms with E-state index in [9.17, 15) is 5.11 Å². The number of aromatic nitrogens is 2. The number of hydrogen-bond acceptors (Lipinski definition) is 6. The average molecular weight is 282 g/mol. The number of nitrogens with zero attached hydrogens (tertiary/aromatic N) is 3. The molecule has 0 aromatic carbocycles. The van der Waals surface area contributed by atoms with Gasteiger partial charge in [-0.3, -0.25) is 0 Å². The maximum absolute atomic E-state index is 9.44. The van der Waals surface area contributed by atoms with Crippen molar-refractivity contribution in [3.8, 4) is 0 Å². The first-order valence-corrected chi connectivity index (χ1v) is 6.56. The molecule has 7 heteroatoms. The van der Waals surface area contributed by atoms with E-state index in [4.69, 9.17) is 22.7 Å². The highest BCUT2D eigenvalue weighted by molar-refractivity contribution is 7.80. The number of aliphatic hydroxyl groups excluding tert-OH is 1. The molecule has 0 aliphatic carbocycles. The first-order valence-electron chi connectivity index (χ1n) is 6.15. The van der Waals surface area contributed by atoms with Crippen molar-refractivity contribution in [1.82, 2.24) is 10.2 Å². The Morgan fingerprint density at radius 2 is 2.26 bits per heavy atom. The Hall–Kier alpha value is -1.31. The maximum Gasteiger partial charge on any atom is 0.162 e. The lowest BCUT2D eigenvalue weighted by Gasteiger charge is -2.36. The van der Waals surface area contributed by atoms with E-state index in [0.29, 0.717) is 30.6 Å². The summed E-state index contributed by atoms with van der Waals surface area (Å²) in [5.41, 5.74) is 8.30. The summed E-state index contributed by atoms with van der Waals surface area (Å²) in [5.74, 6) is 0.637. The van der Waals surface area contributed by atoms with Gasteiger partial charge in [-0.05, 0) is 19.4 Å². The third-order valence-electron chi connectivity index (χ3n) is 3.39. The second-order valence-electron chi connectivity index (χ2n) is 4.58. The molecule has 6 nitrogen and oxygen atoms in total. The molecule has 19 heavy (non-hydrogen) atoms. The molecule has 1 saturated heterocycles. The van der Waals surface area contributed by atoms with Crippen LogP contribution in [-0.2, 0) is 4.74 Å². The minimum atomic E-state index is -0.141. The molecule has 0 radical (unpaired) electrons. The van der Waals surface area contributed by atoms with Crippen molar-refractivity contribution in [3.05, 3.63) is 16.8 Å². The molecule has 1 aliphatic rings. The van der Waals surface area contributed by atoms with Crippen LogP contribution in [-0.4, -0.2) is 52.7 Å². The number of ether oxygens (including phenoxy) is 1. The van der Waals surface area contributed by atoms with Gasteiger partial charge in [0.05, 0.1) is 37.1 Å². The van der Waals surface area contributed by atoms with Crippen LogP contribution in [0.1, 0.15) is 16.8 Å². The molecule has 0 spiro atoms. The molecule has 1 aromatic rings. The summed E-state index contributed by atoms with van der Waals surface area (Å²) in [5, 5.41) is 17.8. The number of aryl methyl sites for hydroxylation is 1. The molecule has 1 aromatic heterocycles. The zero-order valence-corrected chi connectivity index (χ0v) is 11.9. The summed E-state index contributed by atoms with van der Waals surface area (Å²) in [6.07, 6.45) is 0. The molecule has 3 N–H and O–H groups in total. The van der Waals surface area contributed by atoms with Gasteiger partial charge in [-0.2, -0.15) is 5.10 Å². The Kier molecular flexibility index (Phi) is 4.28. The highest BCUT2D eigenvalue weighted by Gasteiger charge is 2.27. The fourth-order valence-electron chi connectivity index (χ4n) is 2.18. The maximum atomic E-state index is 9.44. The van der Waals surface area contributed by atoms with Crippen LogP contribution in [0.15, 0.2) is 0 Å². The minimum absolute atomic E-state index is 0.00855. The monoisotopic (exact) mass is 282 g/mol. The zero-order valence-electron chi connectivity index (χ0n) is 11.1. The van der Waals surface area contributed by atoms with Crippen LogP contribution >= 0.6 is 12.2 Å². The Morgan fingerprint density at radius 1 is 1.53 bits per heavy atom. The smallest absolute Gasteiger partial charge is 0.162 e. The van der Waals surface area contributed by atoms with Gasteiger partial charge in [0, 0.05) is 6.54 Å². The molecule has 0 bridgehead atoms. The number of hydrogen-bond donors (Lipinski definition) is 2. The van der Waals surface area contributed by atoms with Crippen molar-refractivity contribution in [1.29, 1.82) is 0 Å². The Morgan fingerprint density at radius 3 is 2.89 bits per heavy atom. The number of anilines is 1. The third-order valence-corrected chi connectivity index (χ3v) is 3.60. The van der Waals surface area contributed by atoms with Crippen LogP contribution in [0.5, 0.6) is 0 Å². The summed E-state index contributed by atoms with van der Waals surface area (Å²) in [6, 6.07) is -0.141. The first-order chi connectivity index (χ1) is 9.06. The normalized spacial score (nSPS) is 19.5. The van der Waals surface area contributed by atoms with E-state index in [1.165, 1.54) is 0 Å². The van der Waals surface area contributed by atoms with Crippen LogP contribution < -0.4 is 10.6 Å². The Labute approximate surface area is 117 Å². The van der Waals surface area contributed by atoms with Crippen molar-refractivity contribution in [3.63, 3.8) is 0 Å². The molecule has 0 amide bonds. The molecule has 1 aliphatic heterocycles. The van der Waals surface area contributed by atoms with E-state index in [1.807, 2.05) is 18.7 Å². The van der Waals surface area contributed by atoms with E-state index in [2.05, 4.69) is 10.2 Å². The summed E-state index contributed by atoms with van der Waals surface area (Å²) < 4.78 is 5.37. The van der Waals surface area contributed by atoms with Gasteiger partial charge in [0.2, 0.25) is 0 Å². The van der Waals surface area contributed by atoms with Crippen molar-refractivity contribution < 1.29 is 9.84 Å². The number of aliphatic hydroxyl groups is 1. The second-order valence-corrected chi connectivity index (χ2v) is 5.02. The summed E-state index contributed by atoms with van der Waals surface area (Å²) in [7, 11) is 0. The van der Waals surface area contributed by atoms with Crippen molar-refractivity contribution in [2.75, 3.05) is 31.3 Å². The van der Waals surface area contributed by atoms with E-state index in [0.717, 1.165) is 16.8 Å². The summed E-state index contributed by atoms with van der Waals surface area (Å²) >= 11 is 5.13. The highest BCUT2D eigenvalue weighted by Crippen LogP contribution is 2.25. The van der Waals surface area contributed by atoms with Crippen molar-refractivity contribution in [2.24, 2.45) is 5.73 Å². The van der Waals surface area contributed by atoms with Crippen LogP contribution in [0.4, 0.5) is 5.82 Å². The fraction of sp³-hybridized carbons (Fsp3) is 0.583. The Bertz CT molecular complexity index is 495. The number of nitrogens with two attached hydrogens (primary N) is 1. The molecule has 1 unspecified atom stereocenters. The lowest BCUT2D eigenvalue weighted by Crippen LogP contribution is -2.49. The van der Waals surface area contributed by atoms with Gasteiger partial charge in [0.1, 0.15) is 4.99 Å². The van der Waals surface area contributed by atoms with Gasteiger partial charge < -0.3 is 20.5 Å². The van der Waals surface area contributed by atoms with Crippen LogP contribution in [0, 0.1) is 13.8 Å². The van der Waals surface area contributed by atoms with Gasteiger partial charge >= 0.3 is 0 Å². The predicted molar refractivity (Wildman–Crippen MR) is 76.4 cm³/mol. The Balaban J connectivity index is 2.49. The second kappa shape index (κ2) is 5.77. The van der Waals surface area contributed by atoms with Crippen LogP contribution in [0.3, 0.4) is 0 Å². The van der Waals surface area contributed by atoms with Crippen molar-refractivity contribution >= 4 is 23.0 Å². The fourth-order valence-corrected chi connectivity index (χ4v) is 2.42. The number of thiocarbonyl (C=S) groups is 1. The molecular weight excluding hydrogens is 264 g/mol. The average Bonchev–Trinajstić information content (AvgIpc) is 2.41. The summed E-state index contributed by atoms with van der Waals surface area (Å²) in [4.78, 5) is 2.27. The van der Waals surface area contributed by atoms with E-state index >= 15 is 0 Å². The van der Waals surface area contributed by atoms with Crippen molar-refractivity contribution in [2.45, 2.75) is 19.9 Å². The molecule has 1 atom stereocenters. The topological polar surface area (TPSA) is 84.5 Å². The van der Waals surface area contributed by atoms with E-state index in [1.54, 1.807) is 0 Å². The number of morpholine rings is 1. The molecule has 104 valence electrons. The third kappa shape index (κ3) is 2.68. The highest BCUT2D eigenvalue weighted by atomic mass is 32.1. The van der Waals surface area contributed by atoms with Crippen LogP contribution in [0.25, 0.3) is 0 Å². The molecule has 2 heterocycles. The van der Waals surface area contributed by atoms with E-state index < -0.39 is 0 Å². The number of rotatable bonds is 3. The minimum Gasteiger partial charge on any atom is -0.394 e. The SMILES string of the molecule is Cc1nnc(N2CCOCC2CO)c(C(N)=S)c1C. The van der Waals surface area contributed by atoms with Gasteiger partial charge in [0.15, 0.2) is 5.82 Å². The molecular formula is C12H18N4O2S. The van der Waals surface area contributed by atoms with E-state index in [-0.39, 0.29) is 12.6 Å². The molecule has 1 fully saturated rings. The van der Waals surface area contributed by atoms with Crippen LogP contribution in [0.2, 0.25) is 0 Å². The van der Waals surface area contributed by atoms with Gasteiger partial charge in [-0.15, -0.1) is 5.10 Å². The standard InChI is InChI=1S/C12H18N4O2S/c1-7-8(2)14-15-12(10(7)11(13)19)16-3-4-18-6-9(16)5-17/h9,17H,3-6H2,1-2H3,(H2,13,19). The zero-order chi connectivity index (χ0) is 14.0. The first kappa shape index (κ1) is 14.1. The predicted octanol–water partition coefficient (Wildman–Crippen LogP) is -0.0749. The van der Waals surface area contributed by atoms with Gasteiger partial charge in [0.25, 0.3) is 0 Å². The van der Waals surface area contributed by atoms with Gasteiger partial charge in [-0.25, -0.2) is 0 Å². The van der Waals surface area contributed by atoms with Gasteiger partial charge in [-0.1, -0.05) is 12.2 Å². The lowest BCUT2D eigenvalue weighted by atomic mass is 10.1. The largest absolute Gasteiger partial charge is 0.394 e. The summed E-state index contributed by atoms with van der Waals surface area (Å²) in [6.45, 7) is 5.47. The molecule has 0 saturated carbocycles.